The van der Waals surface area contributed by atoms with Crippen molar-refractivity contribution >= 4 is 18.3 Å². The fourth-order valence-corrected chi connectivity index (χ4v) is 2.30. The molecule has 4 nitrogen and oxygen atoms in total. The number of carbonyl (C=O) groups is 1. The Kier molecular flexibility index (Phi) is 5.26. The summed E-state index contributed by atoms with van der Waals surface area (Å²) >= 11 is 0. The topological polar surface area (TPSA) is 41.6 Å². The average molecular weight is 297 g/mol. The Bertz CT molecular complexity index is 457. The zero-order valence-electron chi connectivity index (χ0n) is 11.5. The highest BCUT2D eigenvalue weighted by Crippen LogP contribution is 2.30. The van der Waals surface area contributed by atoms with E-state index in [0.717, 1.165) is 38.5 Å². The van der Waals surface area contributed by atoms with Crippen molar-refractivity contribution in [2.24, 2.45) is 5.92 Å². The van der Waals surface area contributed by atoms with Crippen molar-refractivity contribution in [2.75, 3.05) is 32.8 Å². The summed E-state index contributed by atoms with van der Waals surface area (Å²) in [5.41, 5.74) is 0.699. The van der Waals surface area contributed by atoms with Gasteiger partial charge in [0.1, 0.15) is 5.75 Å². The van der Waals surface area contributed by atoms with Crippen LogP contribution in [0.2, 0.25) is 0 Å². The van der Waals surface area contributed by atoms with Gasteiger partial charge in [0.25, 0.3) is 5.91 Å². The Morgan fingerprint density at radius 2 is 1.95 bits per heavy atom. The number of nitrogens with one attached hydrogen (secondary N) is 1. The monoisotopic (exact) mass is 296 g/mol. The fourth-order valence-electron chi connectivity index (χ4n) is 2.30. The maximum absolute atomic E-state index is 12.5. The van der Waals surface area contributed by atoms with Gasteiger partial charge in [-0.25, -0.2) is 0 Å². The summed E-state index contributed by atoms with van der Waals surface area (Å²) in [4.78, 5) is 14.4. The maximum atomic E-state index is 12.5. The molecule has 0 atom stereocenters. The number of hydrogen-bond donors (Lipinski definition) is 1. The third-order valence-corrected chi connectivity index (χ3v) is 3.69. The van der Waals surface area contributed by atoms with Gasteiger partial charge in [0.2, 0.25) is 0 Å². The second-order valence-electron chi connectivity index (χ2n) is 5.29. The Labute approximate surface area is 125 Å². The number of benzene rings is 1. The lowest BCUT2D eigenvalue weighted by Crippen LogP contribution is -2.46. The van der Waals surface area contributed by atoms with Crippen LogP contribution in [-0.2, 0) is 0 Å². The van der Waals surface area contributed by atoms with Gasteiger partial charge in [-0.3, -0.25) is 4.79 Å². The number of piperazine rings is 1. The number of hydrogen-bond acceptors (Lipinski definition) is 3. The molecular formula is C15H21ClN2O2. The van der Waals surface area contributed by atoms with Gasteiger partial charge in [-0.2, -0.15) is 0 Å². The van der Waals surface area contributed by atoms with E-state index in [0.29, 0.717) is 11.5 Å². The number of amides is 1. The van der Waals surface area contributed by atoms with Crippen molar-refractivity contribution < 1.29 is 9.53 Å². The molecule has 5 heteroatoms. The summed E-state index contributed by atoms with van der Waals surface area (Å²) in [7, 11) is 0. The minimum atomic E-state index is 0. The zero-order valence-corrected chi connectivity index (χ0v) is 12.3. The lowest BCUT2D eigenvalue weighted by Gasteiger charge is -2.28. The average Bonchev–Trinajstić information content (AvgIpc) is 3.30. The summed E-state index contributed by atoms with van der Waals surface area (Å²) in [6.07, 6.45) is 2.52. The molecular weight excluding hydrogens is 276 g/mol. The first-order chi connectivity index (χ1) is 9.34. The van der Waals surface area contributed by atoms with E-state index in [1.54, 1.807) is 0 Å². The Morgan fingerprint density at radius 1 is 1.25 bits per heavy atom. The van der Waals surface area contributed by atoms with Gasteiger partial charge in [-0.05, 0) is 30.9 Å². The SMILES string of the molecule is Cl.O=C(c1ccccc1OCC1CC1)N1CCNCC1. The highest BCUT2D eigenvalue weighted by Gasteiger charge is 2.24. The van der Waals surface area contributed by atoms with Crippen LogP contribution in [0.3, 0.4) is 0 Å². The minimum absolute atomic E-state index is 0. The predicted molar refractivity (Wildman–Crippen MR) is 80.7 cm³/mol. The van der Waals surface area contributed by atoms with Gasteiger partial charge in [0.05, 0.1) is 12.2 Å². The molecule has 2 aliphatic rings. The van der Waals surface area contributed by atoms with Crippen LogP contribution in [0.25, 0.3) is 0 Å². The van der Waals surface area contributed by atoms with Crippen LogP contribution in [0.1, 0.15) is 23.2 Å². The van der Waals surface area contributed by atoms with E-state index in [4.69, 9.17) is 4.74 Å². The van der Waals surface area contributed by atoms with Crippen molar-refractivity contribution in [3.63, 3.8) is 0 Å². The van der Waals surface area contributed by atoms with Crippen molar-refractivity contribution in [1.29, 1.82) is 0 Å². The van der Waals surface area contributed by atoms with Crippen LogP contribution >= 0.6 is 12.4 Å². The molecule has 0 spiro atoms. The number of para-hydroxylation sites is 1. The summed E-state index contributed by atoms with van der Waals surface area (Å²) < 4.78 is 5.81. The third-order valence-electron chi connectivity index (χ3n) is 3.69. The molecule has 0 aromatic heterocycles. The molecule has 0 unspecified atom stereocenters. The molecule has 3 rings (SSSR count). The van der Waals surface area contributed by atoms with Crippen LogP contribution in [0.4, 0.5) is 0 Å². The molecule has 1 N–H and O–H groups in total. The first kappa shape index (κ1) is 15.1. The quantitative estimate of drug-likeness (QED) is 0.923. The van der Waals surface area contributed by atoms with E-state index in [9.17, 15) is 4.79 Å². The summed E-state index contributed by atoms with van der Waals surface area (Å²) in [6.45, 7) is 4.03. The van der Waals surface area contributed by atoms with Gasteiger partial charge >= 0.3 is 0 Å². The van der Waals surface area contributed by atoms with E-state index < -0.39 is 0 Å². The fraction of sp³-hybridized carbons (Fsp3) is 0.533. The van der Waals surface area contributed by atoms with Gasteiger partial charge in [0, 0.05) is 26.2 Å². The summed E-state index contributed by atoms with van der Waals surface area (Å²) in [5, 5.41) is 3.26. The first-order valence-electron chi connectivity index (χ1n) is 7.06. The zero-order chi connectivity index (χ0) is 13.1. The van der Waals surface area contributed by atoms with Gasteiger partial charge in [-0.15, -0.1) is 12.4 Å². The number of ether oxygens (including phenoxy) is 1. The number of rotatable bonds is 4. The van der Waals surface area contributed by atoms with Gasteiger partial charge in [0.15, 0.2) is 0 Å². The molecule has 0 bridgehead atoms. The summed E-state index contributed by atoms with van der Waals surface area (Å²) in [6, 6.07) is 7.60. The molecule has 2 fully saturated rings. The molecule has 1 aliphatic heterocycles. The Hall–Kier alpha value is -1.26. The van der Waals surface area contributed by atoms with Crippen molar-refractivity contribution in [1.82, 2.24) is 10.2 Å². The van der Waals surface area contributed by atoms with Crippen LogP contribution in [0, 0.1) is 5.92 Å². The van der Waals surface area contributed by atoms with Crippen LogP contribution in [0.5, 0.6) is 5.75 Å². The van der Waals surface area contributed by atoms with E-state index in [1.165, 1.54) is 12.8 Å². The molecule has 1 aliphatic carbocycles. The maximum Gasteiger partial charge on any atom is 0.257 e. The van der Waals surface area contributed by atoms with Crippen molar-refractivity contribution in [2.45, 2.75) is 12.8 Å². The summed E-state index contributed by atoms with van der Waals surface area (Å²) in [5.74, 6) is 1.52. The molecule has 0 radical (unpaired) electrons. The van der Waals surface area contributed by atoms with E-state index in [-0.39, 0.29) is 18.3 Å². The minimum Gasteiger partial charge on any atom is -0.492 e. The number of halogens is 1. The number of nitrogens with zero attached hydrogens (tertiary/aromatic N) is 1. The smallest absolute Gasteiger partial charge is 0.257 e. The Balaban J connectivity index is 0.00000147. The predicted octanol–water partition coefficient (Wildman–Crippen LogP) is 1.94. The molecule has 110 valence electrons. The highest BCUT2D eigenvalue weighted by atomic mass is 35.5. The molecule has 1 aromatic carbocycles. The molecule has 1 aromatic rings. The van der Waals surface area contributed by atoms with Crippen LogP contribution < -0.4 is 10.1 Å². The molecule has 1 saturated heterocycles. The second kappa shape index (κ2) is 6.95. The largest absolute Gasteiger partial charge is 0.492 e. The first-order valence-corrected chi connectivity index (χ1v) is 7.06. The molecule has 1 heterocycles. The van der Waals surface area contributed by atoms with E-state index >= 15 is 0 Å². The third kappa shape index (κ3) is 3.64. The standard InChI is InChI=1S/C15H20N2O2.ClH/c18-15(17-9-7-16-8-10-17)13-3-1-2-4-14(13)19-11-12-5-6-12;/h1-4,12,16H,5-11H2;1H. The Morgan fingerprint density at radius 3 is 2.65 bits per heavy atom. The van der Waals surface area contributed by atoms with Crippen molar-refractivity contribution in [3.8, 4) is 5.75 Å². The molecule has 20 heavy (non-hydrogen) atoms. The van der Waals surface area contributed by atoms with E-state index in [2.05, 4.69) is 5.32 Å². The normalized spacial score (nSPS) is 18.3. The van der Waals surface area contributed by atoms with Crippen LogP contribution in [-0.4, -0.2) is 43.6 Å². The van der Waals surface area contributed by atoms with Gasteiger partial charge < -0.3 is 15.0 Å². The van der Waals surface area contributed by atoms with Crippen LogP contribution in [0.15, 0.2) is 24.3 Å². The van der Waals surface area contributed by atoms with Crippen molar-refractivity contribution in [3.05, 3.63) is 29.8 Å². The lowest BCUT2D eigenvalue weighted by molar-refractivity contribution is 0.0731. The lowest BCUT2D eigenvalue weighted by atomic mass is 10.1. The molecule has 1 amide bonds. The van der Waals surface area contributed by atoms with E-state index in [1.807, 2.05) is 29.2 Å². The highest BCUT2D eigenvalue weighted by molar-refractivity contribution is 5.97. The van der Waals surface area contributed by atoms with Gasteiger partial charge in [-0.1, -0.05) is 12.1 Å². The number of carbonyl (C=O) groups excluding carboxylic acids is 1. The molecule has 1 saturated carbocycles. The second-order valence-corrected chi connectivity index (χ2v) is 5.29.